The Labute approximate surface area is 196 Å². The van der Waals surface area contributed by atoms with E-state index in [0.717, 1.165) is 10.4 Å². The van der Waals surface area contributed by atoms with Gasteiger partial charge in [-0.3, -0.25) is 9.52 Å². The number of benzene rings is 2. The lowest BCUT2D eigenvalue weighted by Crippen LogP contribution is -2.16. The minimum absolute atomic E-state index is 0.0572. The largest absolute Gasteiger partial charge is 0.497 e. The average molecular weight is 489 g/mol. The Morgan fingerprint density at radius 1 is 1.06 bits per heavy atom. The van der Waals surface area contributed by atoms with Crippen molar-refractivity contribution in [3.63, 3.8) is 0 Å². The summed E-state index contributed by atoms with van der Waals surface area (Å²) in [6.45, 7) is 5.58. The number of carbonyl (C=O) groups excluding carboxylic acids is 2. The first-order valence-corrected chi connectivity index (χ1v) is 12.3. The van der Waals surface area contributed by atoms with Gasteiger partial charge in [-0.25, -0.2) is 13.2 Å². The Morgan fingerprint density at radius 3 is 2.39 bits per heavy atom. The molecule has 0 unspecified atom stereocenters. The predicted octanol–water partition coefficient (Wildman–Crippen LogP) is 4.60. The van der Waals surface area contributed by atoms with Crippen LogP contribution in [0.4, 0.5) is 10.7 Å². The van der Waals surface area contributed by atoms with Crippen LogP contribution >= 0.6 is 11.3 Å². The summed E-state index contributed by atoms with van der Waals surface area (Å²) in [5.74, 6) is -0.447. The number of carbonyl (C=O) groups is 2. The molecule has 3 rings (SSSR count). The summed E-state index contributed by atoms with van der Waals surface area (Å²) in [4.78, 5) is 26.2. The van der Waals surface area contributed by atoms with Crippen LogP contribution in [0.5, 0.6) is 5.75 Å². The Hall–Kier alpha value is -3.37. The van der Waals surface area contributed by atoms with Gasteiger partial charge in [0.1, 0.15) is 10.8 Å². The third-order valence-corrected chi connectivity index (χ3v) is 7.36. The molecule has 0 atom stereocenters. The number of anilines is 2. The fraction of sp³-hybridized carbons (Fsp3) is 0.217. The summed E-state index contributed by atoms with van der Waals surface area (Å²) in [5, 5.41) is 3.14. The predicted molar refractivity (Wildman–Crippen MR) is 128 cm³/mol. The Morgan fingerprint density at radius 2 is 1.76 bits per heavy atom. The van der Waals surface area contributed by atoms with Crippen LogP contribution in [0.1, 0.15) is 38.1 Å². The third-order valence-electron chi connectivity index (χ3n) is 4.84. The van der Waals surface area contributed by atoms with Crippen LogP contribution in [-0.4, -0.2) is 34.0 Å². The van der Waals surface area contributed by atoms with Crippen molar-refractivity contribution in [3.8, 4) is 5.75 Å². The zero-order valence-electron chi connectivity index (χ0n) is 18.6. The van der Waals surface area contributed by atoms with E-state index in [0.29, 0.717) is 16.3 Å². The second-order valence-corrected chi connectivity index (χ2v) is 9.93. The summed E-state index contributed by atoms with van der Waals surface area (Å²) < 4.78 is 38.0. The first-order valence-electron chi connectivity index (χ1n) is 10.0. The average Bonchev–Trinajstić information content (AvgIpc) is 3.06. The second kappa shape index (κ2) is 10.1. The summed E-state index contributed by atoms with van der Waals surface area (Å²) >= 11 is 1.28. The molecule has 0 bridgehead atoms. The van der Waals surface area contributed by atoms with E-state index in [1.54, 1.807) is 44.2 Å². The molecule has 8 nitrogen and oxygen atoms in total. The number of esters is 1. The van der Waals surface area contributed by atoms with Gasteiger partial charge in [0, 0.05) is 16.1 Å². The van der Waals surface area contributed by atoms with E-state index < -0.39 is 21.9 Å². The van der Waals surface area contributed by atoms with Crippen LogP contribution < -0.4 is 14.8 Å². The second-order valence-electron chi connectivity index (χ2n) is 7.02. The lowest BCUT2D eigenvalue weighted by molar-refractivity contribution is 0.0527. The molecule has 0 spiro atoms. The highest BCUT2D eigenvalue weighted by atomic mass is 32.2. The van der Waals surface area contributed by atoms with E-state index in [1.807, 2.05) is 6.92 Å². The molecule has 2 N–H and O–H groups in total. The molecule has 10 heteroatoms. The van der Waals surface area contributed by atoms with Crippen molar-refractivity contribution in [2.45, 2.75) is 25.7 Å². The highest BCUT2D eigenvalue weighted by Gasteiger charge is 2.23. The fourth-order valence-electron chi connectivity index (χ4n) is 3.03. The van der Waals surface area contributed by atoms with Gasteiger partial charge in [-0.2, -0.15) is 0 Å². The minimum atomic E-state index is -3.86. The molecule has 1 heterocycles. The van der Waals surface area contributed by atoms with Gasteiger partial charge in [0.15, 0.2) is 0 Å². The summed E-state index contributed by atoms with van der Waals surface area (Å²) in [7, 11) is -2.37. The maximum atomic E-state index is 12.9. The monoisotopic (exact) mass is 488 g/mol. The molecule has 0 saturated carbocycles. The highest BCUT2D eigenvalue weighted by molar-refractivity contribution is 7.92. The van der Waals surface area contributed by atoms with Crippen molar-refractivity contribution in [3.05, 3.63) is 70.1 Å². The maximum absolute atomic E-state index is 12.9. The number of methoxy groups -OCH3 is 1. The molecule has 0 fully saturated rings. The van der Waals surface area contributed by atoms with Crippen LogP contribution in [0, 0.1) is 13.8 Å². The SMILES string of the molecule is CCOC(=O)c1c(NC(=O)c2cccc(NS(=O)(=O)c3ccc(OC)cc3)c2)sc(C)c1C. The molecule has 0 aliphatic carbocycles. The van der Waals surface area contributed by atoms with Crippen LogP contribution in [0.25, 0.3) is 0 Å². The van der Waals surface area contributed by atoms with Gasteiger partial charge in [-0.1, -0.05) is 6.07 Å². The van der Waals surface area contributed by atoms with Gasteiger partial charge in [-0.15, -0.1) is 11.3 Å². The highest BCUT2D eigenvalue weighted by Crippen LogP contribution is 2.33. The number of hydrogen-bond donors (Lipinski definition) is 2. The maximum Gasteiger partial charge on any atom is 0.341 e. The van der Waals surface area contributed by atoms with Crippen molar-refractivity contribution >= 4 is 43.9 Å². The van der Waals surface area contributed by atoms with E-state index >= 15 is 0 Å². The van der Waals surface area contributed by atoms with Crippen molar-refractivity contribution in [1.29, 1.82) is 0 Å². The quantitative estimate of drug-likeness (QED) is 0.448. The molecule has 1 aromatic heterocycles. The Balaban J connectivity index is 1.82. The van der Waals surface area contributed by atoms with Gasteiger partial charge in [0.25, 0.3) is 15.9 Å². The van der Waals surface area contributed by atoms with Crippen LogP contribution in [0.15, 0.2) is 53.4 Å². The molecule has 2 aromatic carbocycles. The topological polar surface area (TPSA) is 111 Å². The van der Waals surface area contributed by atoms with E-state index in [1.165, 1.54) is 36.6 Å². The lowest BCUT2D eigenvalue weighted by atomic mass is 10.1. The lowest BCUT2D eigenvalue weighted by Gasteiger charge is -2.11. The van der Waals surface area contributed by atoms with Gasteiger partial charge in [-0.05, 0) is 68.8 Å². The zero-order valence-corrected chi connectivity index (χ0v) is 20.2. The molecule has 1 amide bonds. The van der Waals surface area contributed by atoms with Crippen LogP contribution in [0.2, 0.25) is 0 Å². The molecule has 0 saturated heterocycles. The van der Waals surface area contributed by atoms with Gasteiger partial charge < -0.3 is 14.8 Å². The number of ether oxygens (including phenoxy) is 2. The van der Waals surface area contributed by atoms with E-state index in [9.17, 15) is 18.0 Å². The molecule has 3 aromatic rings. The molecule has 174 valence electrons. The molecular weight excluding hydrogens is 464 g/mol. The number of rotatable bonds is 8. The van der Waals surface area contributed by atoms with Crippen molar-refractivity contribution in [2.75, 3.05) is 23.8 Å². The molecule has 0 aliphatic heterocycles. The summed E-state index contributed by atoms with van der Waals surface area (Å²) in [5.41, 5.74) is 1.52. The van der Waals surface area contributed by atoms with Gasteiger partial charge >= 0.3 is 5.97 Å². The first kappa shape index (κ1) is 24.3. The van der Waals surface area contributed by atoms with E-state index in [-0.39, 0.29) is 22.8 Å². The smallest absolute Gasteiger partial charge is 0.341 e. The zero-order chi connectivity index (χ0) is 24.2. The van der Waals surface area contributed by atoms with Crippen molar-refractivity contribution < 1.29 is 27.5 Å². The van der Waals surface area contributed by atoms with Gasteiger partial charge in [0.2, 0.25) is 0 Å². The van der Waals surface area contributed by atoms with Crippen LogP contribution in [-0.2, 0) is 14.8 Å². The molecular formula is C23H24N2O6S2. The number of amides is 1. The Bertz CT molecular complexity index is 1280. The first-order chi connectivity index (χ1) is 15.7. The standard InChI is InChI=1S/C23H24N2O6S2/c1-5-31-23(27)20-14(2)15(3)32-22(20)24-21(26)16-7-6-8-17(13-16)25-33(28,29)19-11-9-18(30-4)10-12-19/h6-13,25H,5H2,1-4H3,(H,24,26). The van der Waals surface area contributed by atoms with Crippen molar-refractivity contribution in [2.24, 2.45) is 0 Å². The van der Waals surface area contributed by atoms with E-state index in [2.05, 4.69) is 10.0 Å². The number of thiophene rings is 1. The molecule has 0 aliphatic rings. The van der Waals surface area contributed by atoms with Crippen LogP contribution in [0.3, 0.4) is 0 Å². The molecule has 0 radical (unpaired) electrons. The third kappa shape index (κ3) is 5.52. The van der Waals surface area contributed by atoms with Gasteiger partial charge in [0.05, 0.1) is 24.2 Å². The minimum Gasteiger partial charge on any atom is -0.497 e. The number of sulfonamides is 1. The normalized spacial score (nSPS) is 11.0. The Kier molecular flexibility index (Phi) is 7.39. The number of nitrogens with one attached hydrogen (secondary N) is 2. The summed E-state index contributed by atoms with van der Waals surface area (Å²) in [6.07, 6.45) is 0. The van der Waals surface area contributed by atoms with Crippen molar-refractivity contribution in [1.82, 2.24) is 0 Å². The van der Waals surface area contributed by atoms with E-state index in [4.69, 9.17) is 9.47 Å². The summed E-state index contributed by atoms with van der Waals surface area (Å²) in [6, 6.07) is 12.0. The number of hydrogen-bond acceptors (Lipinski definition) is 7. The fourth-order valence-corrected chi connectivity index (χ4v) is 5.13. The molecule has 33 heavy (non-hydrogen) atoms. The number of aryl methyl sites for hydroxylation is 1.